The highest BCUT2D eigenvalue weighted by Gasteiger charge is 2.29. The molecule has 0 saturated carbocycles. The zero-order chi connectivity index (χ0) is 22.7. The molecule has 164 valence electrons. The number of benzene rings is 3. The zero-order valence-electron chi connectivity index (χ0n) is 18.0. The molecule has 4 rings (SSSR count). The van der Waals surface area contributed by atoms with Crippen molar-refractivity contribution < 1.29 is 19.7 Å². The summed E-state index contributed by atoms with van der Waals surface area (Å²) in [5.41, 5.74) is 7.04. The number of aliphatic hydroxyl groups is 2. The lowest BCUT2D eigenvalue weighted by Crippen LogP contribution is -2.36. The molecule has 0 aliphatic heterocycles. The van der Waals surface area contributed by atoms with Gasteiger partial charge in [0.25, 0.3) is 0 Å². The Hall–Kier alpha value is -3.41. The number of aliphatic hydroxyl groups excluding tert-OH is 2. The Labute approximate surface area is 188 Å². The number of nitrogens with one attached hydrogen (secondary N) is 1. The standard InChI is InChI=1S/C27H27NO4/c1-17(2)18-11-13-19(14-12-18)26(30)25(29)15-28-27(31)32-16-24-22-9-5-3-7-20(22)21-8-4-6-10-23(21)24/h3-14,24-26,29-30H,1,15-16H2,2H3,(H,28,31). The van der Waals surface area contributed by atoms with Crippen LogP contribution in [-0.4, -0.2) is 35.6 Å². The van der Waals surface area contributed by atoms with E-state index in [1.807, 2.05) is 43.3 Å². The minimum Gasteiger partial charge on any atom is -0.449 e. The molecule has 0 spiro atoms. The molecule has 32 heavy (non-hydrogen) atoms. The van der Waals surface area contributed by atoms with Gasteiger partial charge in [0, 0.05) is 12.5 Å². The number of carbonyl (C=O) groups is 1. The van der Waals surface area contributed by atoms with E-state index in [1.54, 1.807) is 12.1 Å². The van der Waals surface area contributed by atoms with E-state index in [-0.39, 0.29) is 19.1 Å². The summed E-state index contributed by atoms with van der Waals surface area (Å²) in [5.74, 6) is -0.0319. The lowest BCUT2D eigenvalue weighted by molar-refractivity contribution is 0.0185. The van der Waals surface area contributed by atoms with E-state index in [9.17, 15) is 15.0 Å². The largest absolute Gasteiger partial charge is 0.449 e. The van der Waals surface area contributed by atoms with Crippen molar-refractivity contribution in [1.82, 2.24) is 5.32 Å². The fraction of sp³-hybridized carbons (Fsp3) is 0.222. The number of rotatable bonds is 7. The summed E-state index contributed by atoms with van der Waals surface area (Å²) in [5, 5.41) is 23.2. The SMILES string of the molecule is C=C(C)c1ccc(C(O)C(O)CNC(=O)OCC2c3ccccc3-c3ccccc32)cc1. The molecule has 2 atom stereocenters. The van der Waals surface area contributed by atoms with Crippen molar-refractivity contribution >= 4 is 11.7 Å². The summed E-state index contributed by atoms with van der Waals surface area (Å²) in [6, 6.07) is 23.4. The molecular formula is C27H27NO4. The van der Waals surface area contributed by atoms with E-state index in [1.165, 1.54) is 0 Å². The zero-order valence-corrected chi connectivity index (χ0v) is 18.0. The maximum Gasteiger partial charge on any atom is 0.407 e. The van der Waals surface area contributed by atoms with Crippen molar-refractivity contribution in [3.63, 3.8) is 0 Å². The van der Waals surface area contributed by atoms with Crippen LogP contribution in [0.15, 0.2) is 79.4 Å². The molecule has 1 amide bonds. The van der Waals surface area contributed by atoms with Crippen LogP contribution in [0, 0.1) is 0 Å². The summed E-state index contributed by atoms with van der Waals surface area (Å²) >= 11 is 0. The van der Waals surface area contributed by atoms with Crippen LogP contribution in [0.3, 0.4) is 0 Å². The van der Waals surface area contributed by atoms with Crippen molar-refractivity contribution in [3.05, 3.63) is 102 Å². The first kappa shape index (κ1) is 21.8. The minimum atomic E-state index is -1.16. The topological polar surface area (TPSA) is 78.8 Å². The lowest BCUT2D eigenvalue weighted by atomic mass is 9.98. The highest BCUT2D eigenvalue weighted by atomic mass is 16.5. The predicted molar refractivity (Wildman–Crippen MR) is 125 cm³/mol. The van der Waals surface area contributed by atoms with Gasteiger partial charge in [-0.25, -0.2) is 4.79 Å². The summed E-state index contributed by atoms with van der Waals surface area (Å²) in [6.07, 6.45) is -2.91. The third kappa shape index (κ3) is 4.44. The Bertz CT molecular complexity index is 1080. The number of carbonyl (C=O) groups excluding carboxylic acids is 1. The quantitative estimate of drug-likeness (QED) is 0.511. The third-order valence-electron chi connectivity index (χ3n) is 5.91. The molecule has 5 heteroatoms. The minimum absolute atomic E-state index is 0.0319. The molecule has 5 nitrogen and oxygen atoms in total. The highest BCUT2D eigenvalue weighted by Crippen LogP contribution is 2.44. The van der Waals surface area contributed by atoms with Gasteiger partial charge >= 0.3 is 6.09 Å². The summed E-state index contributed by atoms with van der Waals surface area (Å²) < 4.78 is 5.47. The Kier molecular flexibility index (Phi) is 6.40. The molecule has 0 aromatic heterocycles. The maximum atomic E-state index is 12.3. The van der Waals surface area contributed by atoms with E-state index in [2.05, 4.69) is 36.2 Å². The molecule has 0 radical (unpaired) electrons. The van der Waals surface area contributed by atoms with Gasteiger partial charge in [0.15, 0.2) is 0 Å². The van der Waals surface area contributed by atoms with E-state index in [0.717, 1.165) is 33.4 Å². The lowest BCUT2D eigenvalue weighted by Gasteiger charge is -2.19. The average Bonchev–Trinajstić information content (AvgIpc) is 3.14. The van der Waals surface area contributed by atoms with E-state index in [4.69, 9.17) is 4.74 Å². The monoisotopic (exact) mass is 429 g/mol. The van der Waals surface area contributed by atoms with Crippen LogP contribution in [0.4, 0.5) is 4.79 Å². The van der Waals surface area contributed by atoms with Crippen LogP contribution in [0.5, 0.6) is 0 Å². The second kappa shape index (κ2) is 9.39. The number of hydrogen-bond donors (Lipinski definition) is 3. The van der Waals surface area contributed by atoms with Gasteiger partial charge in [0.2, 0.25) is 0 Å². The summed E-state index contributed by atoms with van der Waals surface area (Å²) in [7, 11) is 0. The normalized spacial score (nSPS) is 14.2. The Morgan fingerprint density at radius 1 is 0.969 bits per heavy atom. The summed E-state index contributed by atoms with van der Waals surface area (Å²) in [4.78, 5) is 12.3. The van der Waals surface area contributed by atoms with Gasteiger partial charge in [-0.1, -0.05) is 84.9 Å². The van der Waals surface area contributed by atoms with Crippen LogP contribution in [-0.2, 0) is 4.74 Å². The first-order chi connectivity index (χ1) is 15.5. The first-order valence-corrected chi connectivity index (χ1v) is 10.7. The van der Waals surface area contributed by atoms with Gasteiger partial charge in [-0.15, -0.1) is 0 Å². The summed E-state index contributed by atoms with van der Waals surface area (Å²) in [6.45, 7) is 5.85. The van der Waals surface area contributed by atoms with E-state index >= 15 is 0 Å². The van der Waals surface area contributed by atoms with Gasteiger partial charge in [0.05, 0.1) is 0 Å². The van der Waals surface area contributed by atoms with Gasteiger partial charge in [-0.3, -0.25) is 0 Å². The molecule has 2 unspecified atom stereocenters. The van der Waals surface area contributed by atoms with Crippen LogP contribution in [0.2, 0.25) is 0 Å². The van der Waals surface area contributed by atoms with Crippen LogP contribution in [0.1, 0.15) is 41.2 Å². The van der Waals surface area contributed by atoms with E-state index in [0.29, 0.717) is 5.56 Å². The van der Waals surface area contributed by atoms with Crippen molar-refractivity contribution in [2.75, 3.05) is 13.2 Å². The number of hydrogen-bond acceptors (Lipinski definition) is 4. The number of fused-ring (bicyclic) bond motifs is 3. The molecule has 1 aliphatic carbocycles. The molecule has 1 aliphatic rings. The smallest absolute Gasteiger partial charge is 0.407 e. The number of allylic oxidation sites excluding steroid dienone is 1. The molecule has 0 heterocycles. The Morgan fingerprint density at radius 2 is 1.53 bits per heavy atom. The Morgan fingerprint density at radius 3 is 2.09 bits per heavy atom. The van der Waals surface area contributed by atoms with Crippen LogP contribution >= 0.6 is 0 Å². The maximum absolute atomic E-state index is 12.3. The fourth-order valence-electron chi connectivity index (χ4n) is 4.14. The van der Waals surface area contributed by atoms with Gasteiger partial charge in [-0.05, 0) is 40.3 Å². The van der Waals surface area contributed by atoms with Gasteiger partial charge < -0.3 is 20.3 Å². The van der Waals surface area contributed by atoms with Crippen LogP contribution < -0.4 is 5.32 Å². The molecule has 3 aromatic rings. The molecule has 0 fully saturated rings. The van der Waals surface area contributed by atoms with E-state index < -0.39 is 18.3 Å². The molecule has 0 saturated heterocycles. The average molecular weight is 430 g/mol. The second-order valence-corrected chi connectivity index (χ2v) is 8.12. The Balaban J connectivity index is 1.32. The van der Waals surface area contributed by atoms with Crippen molar-refractivity contribution in [1.29, 1.82) is 0 Å². The molecule has 3 aromatic carbocycles. The molecule has 0 bridgehead atoms. The van der Waals surface area contributed by atoms with Crippen molar-refractivity contribution in [2.45, 2.75) is 25.0 Å². The molecule has 3 N–H and O–H groups in total. The van der Waals surface area contributed by atoms with Crippen LogP contribution in [0.25, 0.3) is 16.7 Å². The molecular weight excluding hydrogens is 402 g/mol. The fourth-order valence-corrected chi connectivity index (χ4v) is 4.14. The number of amides is 1. The third-order valence-corrected chi connectivity index (χ3v) is 5.91. The van der Waals surface area contributed by atoms with Gasteiger partial charge in [0.1, 0.15) is 18.8 Å². The van der Waals surface area contributed by atoms with Gasteiger partial charge in [-0.2, -0.15) is 0 Å². The second-order valence-electron chi connectivity index (χ2n) is 8.12. The number of ether oxygens (including phenoxy) is 1. The van der Waals surface area contributed by atoms with Crippen molar-refractivity contribution in [2.24, 2.45) is 0 Å². The first-order valence-electron chi connectivity index (χ1n) is 10.7. The number of alkyl carbamates (subject to hydrolysis) is 1. The van der Waals surface area contributed by atoms with Crippen molar-refractivity contribution in [3.8, 4) is 11.1 Å². The highest BCUT2D eigenvalue weighted by molar-refractivity contribution is 5.79. The predicted octanol–water partition coefficient (Wildman–Crippen LogP) is 4.65.